The van der Waals surface area contributed by atoms with E-state index in [2.05, 4.69) is 10.6 Å². The lowest BCUT2D eigenvalue weighted by molar-refractivity contribution is -0.131. The van der Waals surface area contributed by atoms with E-state index in [-0.39, 0.29) is 12.5 Å². The van der Waals surface area contributed by atoms with E-state index in [1.54, 1.807) is 31.4 Å². The van der Waals surface area contributed by atoms with E-state index in [9.17, 15) is 9.59 Å². The number of carboxylic acids is 1. The van der Waals surface area contributed by atoms with Crippen molar-refractivity contribution in [3.8, 4) is 0 Å². The average molecular weight is 278 g/mol. The van der Waals surface area contributed by atoms with Gasteiger partial charge in [-0.05, 0) is 23.8 Å². The normalized spacial score (nSPS) is 10.7. The lowest BCUT2D eigenvalue weighted by Crippen LogP contribution is -2.30. The van der Waals surface area contributed by atoms with E-state index < -0.39 is 5.97 Å². The van der Waals surface area contributed by atoms with E-state index >= 15 is 0 Å². The fraction of sp³-hybridized carbons (Fsp3) is 0.286. The molecule has 1 aromatic carbocycles. The van der Waals surface area contributed by atoms with Gasteiger partial charge >= 0.3 is 5.97 Å². The predicted molar refractivity (Wildman–Crippen MR) is 76.5 cm³/mol. The largest absolute Gasteiger partial charge is 0.478 e. The van der Waals surface area contributed by atoms with Gasteiger partial charge in [-0.3, -0.25) is 4.79 Å². The molecular weight excluding hydrogens is 260 g/mol. The predicted octanol–water partition coefficient (Wildman–Crippen LogP) is 0.959. The van der Waals surface area contributed by atoms with Crippen LogP contribution in [0.25, 0.3) is 6.08 Å². The zero-order valence-corrected chi connectivity index (χ0v) is 11.3. The first-order chi connectivity index (χ1) is 9.61. The second-order valence-electron chi connectivity index (χ2n) is 4.01. The lowest BCUT2D eigenvalue weighted by Gasteiger charge is -2.07. The Balaban J connectivity index is 2.49. The Morgan fingerprint density at radius 1 is 1.40 bits per heavy atom. The van der Waals surface area contributed by atoms with Crippen molar-refractivity contribution in [1.29, 1.82) is 0 Å². The zero-order valence-electron chi connectivity index (χ0n) is 11.3. The van der Waals surface area contributed by atoms with Crippen LogP contribution in [0.4, 0.5) is 5.69 Å². The number of rotatable bonds is 8. The monoisotopic (exact) mass is 278 g/mol. The summed E-state index contributed by atoms with van der Waals surface area (Å²) in [5.41, 5.74) is 1.33. The number of carbonyl (C=O) groups is 2. The van der Waals surface area contributed by atoms with Crippen molar-refractivity contribution in [2.24, 2.45) is 0 Å². The minimum Gasteiger partial charge on any atom is -0.478 e. The van der Waals surface area contributed by atoms with Gasteiger partial charge in [0, 0.05) is 25.4 Å². The molecule has 0 aromatic heterocycles. The molecule has 0 unspecified atom stereocenters. The van der Waals surface area contributed by atoms with Gasteiger partial charge in [-0.25, -0.2) is 4.79 Å². The first-order valence-electron chi connectivity index (χ1n) is 6.12. The van der Waals surface area contributed by atoms with E-state index in [1.807, 2.05) is 0 Å². The highest BCUT2D eigenvalue weighted by Gasteiger charge is 2.01. The molecule has 0 saturated heterocycles. The molecule has 0 atom stereocenters. The quantitative estimate of drug-likeness (QED) is 0.487. The first kappa shape index (κ1) is 15.9. The van der Waals surface area contributed by atoms with Crippen molar-refractivity contribution in [3.63, 3.8) is 0 Å². The third-order valence-electron chi connectivity index (χ3n) is 2.36. The minimum absolute atomic E-state index is 0.166. The smallest absolute Gasteiger partial charge is 0.328 e. The molecule has 0 aliphatic rings. The summed E-state index contributed by atoms with van der Waals surface area (Å²) in [7, 11) is 1.60. The number of hydrogen-bond donors (Lipinski definition) is 3. The highest BCUT2D eigenvalue weighted by atomic mass is 16.5. The average Bonchev–Trinajstić information content (AvgIpc) is 2.42. The van der Waals surface area contributed by atoms with Crippen LogP contribution in [0, 0.1) is 0 Å². The van der Waals surface area contributed by atoms with Gasteiger partial charge in [0.15, 0.2) is 0 Å². The van der Waals surface area contributed by atoms with Crippen LogP contribution in [0.1, 0.15) is 5.56 Å². The number of ether oxygens (including phenoxy) is 1. The SMILES string of the molecule is COCCNCC(=O)Nc1cccc(/C=C/C(=O)O)c1. The number of amides is 1. The molecule has 0 bridgehead atoms. The third kappa shape index (κ3) is 6.67. The van der Waals surface area contributed by atoms with Crippen LogP contribution in [0.15, 0.2) is 30.3 Å². The van der Waals surface area contributed by atoms with Gasteiger partial charge in [0.25, 0.3) is 0 Å². The van der Waals surface area contributed by atoms with Crippen LogP contribution in [0.2, 0.25) is 0 Å². The number of hydrogen-bond acceptors (Lipinski definition) is 4. The van der Waals surface area contributed by atoms with Crippen molar-refractivity contribution >= 4 is 23.6 Å². The Hall–Kier alpha value is -2.18. The first-order valence-corrected chi connectivity index (χ1v) is 6.12. The molecule has 0 radical (unpaired) electrons. The maximum atomic E-state index is 11.6. The fourth-order valence-electron chi connectivity index (χ4n) is 1.47. The molecule has 1 rings (SSSR count). The summed E-state index contributed by atoms with van der Waals surface area (Å²) in [6, 6.07) is 6.94. The van der Waals surface area contributed by atoms with Gasteiger partial charge < -0.3 is 20.5 Å². The van der Waals surface area contributed by atoms with Crippen LogP contribution >= 0.6 is 0 Å². The van der Waals surface area contributed by atoms with Crippen LogP contribution in [0.3, 0.4) is 0 Å². The maximum absolute atomic E-state index is 11.6. The topological polar surface area (TPSA) is 87.7 Å². The van der Waals surface area contributed by atoms with Gasteiger partial charge in [-0.2, -0.15) is 0 Å². The zero-order chi connectivity index (χ0) is 14.8. The molecule has 0 aliphatic carbocycles. The number of aliphatic carboxylic acids is 1. The van der Waals surface area contributed by atoms with Crippen molar-refractivity contribution in [3.05, 3.63) is 35.9 Å². The highest BCUT2D eigenvalue weighted by Crippen LogP contribution is 2.11. The number of benzene rings is 1. The molecule has 0 saturated carbocycles. The van der Waals surface area contributed by atoms with Crippen molar-refractivity contribution in [1.82, 2.24) is 5.32 Å². The summed E-state index contributed by atoms with van der Waals surface area (Å²) < 4.78 is 4.85. The summed E-state index contributed by atoms with van der Waals surface area (Å²) in [6.45, 7) is 1.34. The van der Waals surface area contributed by atoms with Crippen LogP contribution < -0.4 is 10.6 Å². The molecule has 1 aromatic rings. The van der Waals surface area contributed by atoms with E-state index in [0.29, 0.717) is 24.4 Å². The summed E-state index contributed by atoms with van der Waals surface area (Å²) in [5, 5.41) is 14.2. The summed E-state index contributed by atoms with van der Waals surface area (Å²) in [5.74, 6) is -1.18. The van der Waals surface area contributed by atoms with E-state index in [0.717, 1.165) is 6.08 Å². The van der Waals surface area contributed by atoms with Gasteiger partial charge in [0.2, 0.25) is 5.91 Å². The Labute approximate surface area is 117 Å². The summed E-state index contributed by atoms with van der Waals surface area (Å²) >= 11 is 0. The molecule has 1 amide bonds. The lowest BCUT2D eigenvalue weighted by atomic mass is 10.2. The van der Waals surface area contributed by atoms with Crippen LogP contribution in [-0.2, 0) is 14.3 Å². The second kappa shape index (κ2) is 8.84. The Morgan fingerprint density at radius 3 is 2.90 bits per heavy atom. The van der Waals surface area contributed by atoms with Gasteiger partial charge in [0.05, 0.1) is 13.2 Å². The van der Waals surface area contributed by atoms with Crippen LogP contribution in [0.5, 0.6) is 0 Å². The maximum Gasteiger partial charge on any atom is 0.328 e. The summed E-state index contributed by atoms with van der Waals surface area (Å²) in [4.78, 5) is 22.1. The minimum atomic E-state index is -1.01. The number of methoxy groups -OCH3 is 1. The molecule has 0 fully saturated rings. The fourth-order valence-corrected chi connectivity index (χ4v) is 1.47. The number of carbonyl (C=O) groups excluding carboxylic acids is 1. The molecule has 0 heterocycles. The standard InChI is InChI=1S/C14H18N2O4/c1-20-8-7-15-10-13(17)16-12-4-2-3-11(9-12)5-6-14(18)19/h2-6,9,15H,7-8,10H2,1H3,(H,16,17)(H,18,19)/b6-5+. The van der Waals surface area contributed by atoms with Crippen LogP contribution in [-0.4, -0.2) is 43.8 Å². The Kier molecular flexibility index (Phi) is 7.02. The van der Waals surface area contributed by atoms with E-state index in [4.69, 9.17) is 9.84 Å². The molecule has 6 nitrogen and oxygen atoms in total. The third-order valence-corrected chi connectivity index (χ3v) is 2.36. The van der Waals surface area contributed by atoms with Gasteiger partial charge in [-0.1, -0.05) is 12.1 Å². The molecule has 20 heavy (non-hydrogen) atoms. The highest BCUT2D eigenvalue weighted by molar-refractivity contribution is 5.92. The molecule has 0 aliphatic heterocycles. The van der Waals surface area contributed by atoms with Crippen molar-refractivity contribution < 1.29 is 19.4 Å². The Bertz CT molecular complexity index is 486. The summed E-state index contributed by atoms with van der Waals surface area (Å²) in [6.07, 6.45) is 2.52. The second-order valence-corrected chi connectivity index (χ2v) is 4.01. The number of carboxylic acid groups (broad SMARTS) is 1. The number of anilines is 1. The van der Waals surface area contributed by atoms with Crippen molar-refractivity contribution in [2.45, 2.75) is 0 Å². The molecular formula is C14H18N2O4. The van der Waals surface area contributed by atoms with E-state index in [1.165, 1.54) is 6.08 Å². The molecule has 3 N–H and O–H groups in total. The molecule has 0 spiro atoms. The molecule has 6 heteroatoms. The van der Waals surface area contributed by atoms with Gasteiger partial charge in [-0.15, -0.1) is 0 Å². The van der Waals surface area contributed by atoms with Crippen molar-refractivity contribution in [2.75, 3.05) is 32.1 Å². The van der Waals surface area contributed by atoms with Gasteiger partial charge in [0.1, 0.15) is 0 Å². The number of nitrogens with one attached hydrogen (secondary N) is 2. The Morgan fingerprint density at radius 2 is 2.20 bits per heavy atom. The molecule has 108 valence electrons.